The van der Waals surface area contributed by atoms with Crippen LogP contribution >= 0.6 is 68.4 Å². The molecule has 462 valence electrons. The Morgan fingerprint density at radius 1 is 0.449 bits per heavy atom. The Hall–Kier alpha value is -5.81. The normalized spacial score (nSPS) is 15.1. The second-order valence-electron chi connectivity index (χ2n) is 23.2. The van der Waals surface area contributed by atoms with Crippen molar-refractivity contribution in [3.8, 4) is 0 Å². The quantitative estimate of drug-likeness (QED) is 0.0169. The Morgan fingerprint density at radius 2 is 0.798 bits per heavy atom. The maximum absolute atomic E-state index is 12.3. The van der Waals surface area contributed by atoms with Gasteiger partial charge < -0.3 is 25.2 Å². The summed E-state index contributed by atoms with van der Waals surface area (Å²) in [5.41, 5.74) is 3.15. The van der Waals surface area contributed by atoms with Gasteiger partial charge in [-0.3, -0.25) is 14.4 Å². The molecule has 12 aromatic rings. The molecule has 14 rings (SSSR count). The number of carboxylic acids is 1. The standard InChI is InChI=1S/C25H24O2S2.C25H26O2S2.C17H12O.C8H14O2S2.H2O/c26-23(7-2-1-6-21-14-15-28-29-21)27-16-20-11-10-19-9-8-17-4-3-5-18-12-13-22(20)25(19)24(17)18;26-23(7-2-1-6-21(29)14-15-28)27-16-20-11-10-19-9-8-17-4-3-5-18-12-13-22(20)25(19)24(17)18;18-10-14-7-6-13-5-4-11-2-1-3-12-8-9-15(14)17(13)16(11)12;9-8(10)4-2-1-3-7-5-6-11-12-7;/h3-5,8-13,21H,1-2,6-7,14-16H2;3-5,8-13,21,28-29H,1-2,6-7,14-16H2;1-9,18H,10H2;7H,1-6H2,(H,9,10);1H2. The molecular formula is C75H78O8S6. The Balaban J connectivity index is 0.000000137. The highest BCUT2D eigenvalue weighted by atomic mass is 33.1. The van der Waals surface area contributed by atoms with Gasteiger partial charge >= 0.3 is 17.9 Å². The summed E-state index contributed by atoms with van der Waals surface area (Å²) < 4.78 is 11.2. The number of hydrogen-bond donors (Lipinski definition) is 4. The second-order valence-corrected chi connectivity index (χ2v) is 29.9. The zero-order chi connectivity index (χ0) is 60.8. The van der Waals surface area contributed by atoms with Gasteiger partial charge in [-0.15, -0.1) is 0 Å². The number of esters is 2. The molecule has 0 bridgehead atoms. The van der Waals surface area contributed by atoms with Crippen molar-refractivity contribution in [3.05, 3.63) is 180 Å². The van der Waals surface area contributed by atoms with E-state index in [1.165, 1.54) is 134 Å². The van der Waals surface area contributed by atoms with Crippen molar-refractivity contribution >= 4 is 183 Å². The molecule has 0 radical (unpaired) electrons. The molecule has 8 nitrogen and oxygen atoms in total. The lowest BCUT2D eigenvalue weighted by Gasteiger charge is -2.14. The smallest absolute Gasteiger partial charge is 0.306 e. The van der Waals surface area contributed by atoms with E-state index in [2.05, 4.69) is 183 Å². The molecule has 12 aromatic carbocycles. The van der Waals surface area contributed by atoms with E-state index in [-0.39, 0.29) is 24.0 Å². The van der Waals surface area contributed by atoms with E-state index in [1.54, 1.807) is 0 Å². The number of aliphatic hydroxyl groups excluding tert-OH is 1. The van der Waals surface area contributed by atoms with Crippen LogP contribution in [0.5, 0.6) is 0 Å². The number of aliphatic hydroxyl groups is 1. The number of unbranched alkanes of at least 4 members (excludes halogenated alkanes) is 3. The topological polar surface area (TPSA) is 142 Å². The maximum atomic E-state index is 12.3. The fraction of sp³-hybridized carbons (Fsp3) is 0.320. The van der Waals surface area contributed by atoms with Crippen molar-refractivity contribution in [1.29, 1.82) is 0 Å². The zero-order valence-electron chi connectivity index (χ0n) is 50.1. The molecule has 89 heavy (non-hydrogen) atoms. The minimum absolute atomic E-state index is 0. The Bertz CT molecular complexity index is 4230. The van der Waals surface area contributed by atoms with Crippen LogP contribution in [0.25, 0.3) is 97.0 Å². The highest BCUT2D eigenvalue weighted by Crippen LogP contribution is 2.42. The van der Waals surface area contributed by atoms with Crippen molar-refractivity contribution in [2.75, 3.05) is 17.3 Å². The first-order valence-corrected chi connectivity index (χ1v) is 37.0. The minimum Gasteiger partial charge on any atom is -0.481 e. The highest BCUT2D eigenvalue weighted by molar-refractivity contribution is 8.77. The third-order valence-electron chi connectivity index (χ3n) is 17.2. The van der Waals surface area contributed by atoms with Crippen molar-refractivity contribution in [2.45, 2.75) is 132 Å². The maximum Gasteiger partial charge on any atom is 0.306 e. The van der Waals surface area contributed by atoms with Crippen LogP contribution in [0.15, 0.2) is 164 Å². The van der Waals surface area contributed by atoms with E-state index in [0.29, 0.717) is 37.7 Å². The van der Waals surface area contributed by atoms with Gasteiger partial charge in [0.15, 0.2) is 0 Å². The summed E-state index contributed by atoms with van der Waals surface area (Å²) >= 11 is 8.77. The van der Waals surface area contributed by atoms with Crippen molar-refractivity contribution in [1.82, 2.24) is 0 Å². The average Bonchev–Trinajstić information content (AvgIpc) is 2.08. The van der Waals surface area contributed by atoms with Crippen LogP contribution < -0.4 is 0 Å². The van der Waals surface area contributed by atoms with Crippen LogP contribution in [-0.4, -0.2) is 66.6 Å². The molecule has 0 aliphatic carbocycles. The monoisotopic (exact) mass is 1300 g/mol. The summed E-state index contributed by atoms with van der Waals surface area (Å²) in [5.74, 6) is 2.54. The van der Waals surface area contributed by atoms with Crippen molar-refractivity contribution < 1.29 is 39.5 Å². The first-order valence-electron chi connectivity index (χ1n) is 31.1. The number of aliphatic carboxylic acids is 1. The summed E-state index contributed by atoms with van der Waals surface area (Å²) in [6.45, 7) is 0.762. The summed E-state index contributed by atoms with van der Waals surface area (Å²) in [4.78, 5) is 34.6. The van der Waals surface area contributed by atoms with Gasteiger partial charge in [-0.2, -0.15) is 25.3 Å². The van der Waals surface area contributed by atoms with E-state index in [0.717, 1.165) is 84.3 Å². The molecule has 2 aliphatic rings. The molecule has 4 N–H and O–H groups in total. The third kappa shape index (κ3) is 16.5. The first kappa shape index (κ1) is 66.1. The third-order valence-corrected chi connectivity index (χ3v) is 24.0. The van der Waals surface area contributed by atoms with Gasteiger partial charge in [0.1, 0.15) is 13.2 Å². The van der Waals surface area contributed by atoms with Crippen LogP contribution in [-0.2, 0) is 43.7 Å². The molecule has 2 fully saturated rings. The Labute approximate surface area is 548 Å². The van der Waals surface area contributed by atoms with E-state index in [1.807, 2.05) is 49.2 Å². The van der Waals surface area contributed by atoms with E-state index in [9.17, 15) is 19.5 Å². The molecule has 3 unspecified atom stereocenters. The largest absolute Gasteiger partial charge is 0.481 e. The lowest BCUT2D eigenvalue weighted by molar-refractivity contribution is -0.146. The van der Waals surface area contributed by atoms with Crippen molar-refractivity contribution in [2.24, 2.45) is 0 Å². The first-order chi connectivity index (χ1) is 43.1. The predicted molar refractivity (Wildman–Crippen MR) is 391 cm³/mol. The number of benzene rings is 12. The van der Waals surface area contributed by atoms with Gasteiger partial charge in [0.25, 0.3) is 0 Å². The summed E-state index contributed by atoms with van der Waals surface area (Å²) in [7, 11) is 7.91. The number of carboxylic acid groups (broad SMARTS) is 1. The van der Waals surface area contributed by atoms with Gasteiger partial charge in [0, 0.05) is 46.5 Å². The van der Waals surface area contributed by atoms with E-state index in [4.69, 9.17) is 14.6 Å². The zero-order valence-corrected chi connectivity index (χ0v) is 55.2. The number of hydrogen-bond acceptors (Lipinski definition) is 12. The van der Waals surface area contributed by atoms with Crippen LogP contribution in [0.1, 0.15) is 113 Å². The predicted octanol–water partition coefficient (Wildman–Crippen LogP) is 20.2. The Morgan fingerprint density at radius 3 is 1.17 bits per heavy atom. The van der Waals surface area contributed by atoms with Gasteiger partial charge in [-0.25, -0.2) is 0 Å². The van der Waals surface area contributed by atoms with Gasteiger partial charge in [0.2, 0.25) is 0 Å². The molecule has 14 heteroatoms. The molecule has 0 saturated carbocycles. The number of carbonyl (C=O) groups excluding carboxylic acids is 2. The fourth-order valence-electron chi connectivity index (χ4n) is 12.6. The molecule has 2 saturated heterocycles. The van der Waals surface area contributed by atoms with Gasteiger partial charge in [-0.1, -0.05) is 226 Å². The number of ether oxygens (including phenoxy) is 2. The molecule has 3 atom stereocenters. The fourth-order valence-corrected chi connectivity index (χ4v) is 19.5. The van der Waals surface area contributed by atoms with Crippen molar-refractivity contribution in [3.63, 3.8) is 0 Å². The molecular weight excluding hydrogens is 1220 g/mol. The Kier molecular flexibility index (Phi) is 24.1. The SMILES string of the molecule is O.O=C(CCCCC(S)CCS)OCc1ccc2ccc3cccc4ccc1c2c34.O=C(CCCCC1CCSS1)OCc1ccc2ccc3cccc4ccc1c2c34.O=C(O)CCCCC1CCSS1.OCc1ccc2ccc3cccc4ccc1c2c34. The molecule has 2 aliphatic heterocycles. The number of carbonyl (C=O) groups is 3. The molecule has 0 aromatic heterocycles. The molecule has 2 heterocycles. The average molecular weight is 1300 g/mol. The number of rotatable bonds is 22. The lowest BCUT2D eigenvalue weighted by Crippen LogP contribution is -2.06. The molecule has 0 amide bonds. The summed E-state index contributed by atoms with van der Waals surface area (Å²) in [5, 5.41) is 42.3. The summed E-state index contributed by atoms with van der Waals surface area (Å²) in [6, 6.07) is 57.8. The summed E-state index contributed by atoms with van der Waals surface area (Å²) in [6.07, 6.45) is 14.2. The lowest BCUT2D eigenvalue weighted by atomic mass is 9.92. The van der Waals surface area contributed by atoms with Crippen LogP contribution in [0.3, 0.4) is 0 Å². The number of thiol groups is 2. The van der Waals surface area contributed by atoms with Gasteiger partial charge in [0.05, 0.1) is 6.61 Å². The van der Waals surface area contributed by atoms with E-state index < -0.39 is 5.97 Å². The highest BCUT2D eigenvalue weighted by Gasteiger charge is 2.19. The van der Waals surface area contributed by atoms with E-state index >= 15 is 0 Å². The van der Waals surface area contributed by atoms with Crippen LogP contribution in [0.2, 0.25) is 0 Å². The van der Waals surface area contributed by atoms with Crippen LogP contribution in [0, 0.1) is 0 Å². The van der Waals surface area contributed by atoms with Crippen LogP contribution in [0.4, 0.5) is 0 Å². The minimum atomic E-state index is -0.663. The molecule has 0 spiro atoms. The second kappa shape index (κ2) is 32.5. The van der Waals surface area contributed by atoms with Gasteiger partial charge in [-0.05, 0) is 177 Å².